The van der Waals surface area contributed by atoms with Crippen LogP contribution in [-0.2, 0) is 11.2 Å². The SMILES string of the molecule is CC1=Cc2c(ccc(Nc3ncnc4cc(OCCCCCC5CCCC5)c(OCCCCC(=O)NO)cc34)c2F)CC1. The third kappa shape index (κ3) is 8.22. The molecule has 1 amide bonds. The van der Waals surface area contributed by atoms with Gasteiger partial charge in [0.15, 0.2) is 17.3 Å². The van der Waals surface area contributed by atoms with Gasteiger partial charge in [-0.15, -0.1) is 0 Å². The smallest absolute Gasteiger partial charge is 0.243 e. The summed E-state index contributed by atoms with van der Waals surface area (Å²) in [5.41, 5.74) is 5.47. The van der Waals surface area contributed by atoms with Gasteiger partial charge in [-0.05, 0) is 62.6 Å². The predicted molar refractivity (Wildman–Crippen MR) is 166 cm³/mol. The van der Waals surface area contributed by atoms with E-state index >= 15 is 4.39 Å². The quantitative estimate of drug-likeness (QED) is 0.0934. The summed E-state index contributed by atoms with van der Waals surface area (Å²) in [7, 11) is 0. The number of anilines is 2. The molecule has 2 aliphatic carbocycles. The fraction of sp³-hybridized carbons (Fsp3) is 0.500. The Morgan fingerprint density at radius 2 is 1.77 bits per heavy atom. The second-order valence-electron chi connectivity index (χ2n) is 11.8. The van der Waals surface area contributed by atoms with E-state index in [0.717, 1.165) is 42.7 Å². The van der Waals surface area contributed by atoms with Crippen LogP contribution in [0.1, 0.15) is 95.1 Å². The second kappa shape index (κ2) is 15.1. The Morgan fingerprint density at radius 1 is 1.00 bits per heavy atom. The monoisotopic (exact) mass is 590 g/mol. The normalized spacial score (nSPS) is 14.8. The van der Waals surface area contributed by atoms with Crippen molar-refractivity contribution >= 4 is 34.4 Å². The lowest BCUT2D eigenvalue weighted by molar-refractivity contribution is -0.129. The van der Waals surface area contributed by atoms with Crippen molar-refractivity contribution in [3.8, 4) is 11.5 Å². The van der Waals surface area contributed by atoms with Gasteiger partial charge in [0.2, 0.25) is 5.91 Å². The highest BCUT2D eigenvalue weighted by Crippen LogP contribution is 2.37. The van der Waals surface area contributed by atoms with E-state index in [4.69, 9.17) is 14.7 Å². The molecule has 2 aromatic carbocycles. The molecule has 1 fully saturated rings. The summed E-state index contributed by atoms with van der Waals surface area (Å²) in [6, 6.07) is 7.43. The van der Waals surface area contributed by atoms with Gasteiger partial charge in [0.1, 0.15) is 12.1 Å². The number of carbonyl (C=O) groups is 1. The van der Waals surface area contributed by atoms with Gasteiger partial charge >= 0.3 is 0 Å². The van der Waals surface area contributed by atoms with Crippen molar-refractivity contribution in [1.29, 1.82) is 0 Å². The summed E-state index contributed by atoms with van der Waals surface area (Å²) in [6.07, 6.45) is 16.7. The third-order valence-corrected chi connectivity index (χ3v) is 8.57. The number of ether oxygens (including phenoxy) is 2. The molecule has 2 aliphatic rings. The maximum atomic E-state index is 15.6. The largest absolute Gasteiger partial charge is 0.490 e. The van der Waals surface area contributed by atoms with Crippen LogP contribution in [0.15, 0.2) is 36.2 Å². The lowest BCUT2D eigenvalue weighted by Crippen LogP contribution is -2.18. The van der Waals surface area contributed by atoms with Gasteiger partial charge in [-0.1, -0.05) is 62.7 Å². The van der Waals surface area contributed by atoms with Gasteiger partial charge in [-0.2, -0.15) is 0 Å². The van der Waals surface area contributed by atoms with E-state index < -0.39 is 5.91 Å². The molecule has 0 unspecified atom stereocenters. The highest BCUT2D eigenvalue weighted by atomic mass is 19.1. The van der Waals surface area contributed by atoms with E-state index in [1.54, 1.807) is 11.5 Å². The summed E-state index contributed by atoms with van der Waals surface area (Å²) in [5.74, 6) is 1.81. The van der Waals surface area contributed by atoms with Crippen molar-refractivity contribution in [2.75, 3.05) is 18.5 Å². The van der Waals surface area contributed by atoms with Gasteiger partial charge in [-0.25, -0.2) is 19.8 Å². The van der Waals surface area contributed by atoms with Gasteiger partial charge in [0.25, 0.3) is 0 Å². The summed E-state index contributed by atoms with van der Waals surface area (Å²) in [5, 5.41) is 12.6. The van der Waals surface area contributed by atoms with Crippen LogP contribution in [0.25, 0.3) is 17.0 Å². The summed E-state index contributed by atoms with van der Waals surface area (Å²) < 4.78 is 27.9. The number of hydroxylamine groups is 1. The summed E-state index contributed by atoms with van der Waals surface area (Å²) in [6.45, 7) is 2.97. The van der Waals surface area contributed by atoms with Crippen LogP contribution in [0, 0.1) is 11.7 Å². The maximum Gasteiger partial charge on any atom is 0.243 e. The van der Waals surface area contributed by atoms with Crippen molar-refractivity contribution in [2.45, 2.75) is 90.4 Å². The average molecular weight is 591 g/mol. The molecule has 3 aromatic rings. The first-order valence-corrected chi connectivity index (χ1v) is 15.7. The van der Waals surface area contributed by atoms with E-state index in [0.29, 0.717) is 65.5 Å². The van der Waals surface area contributed by atoms with Crippen molar-refractivity contribution in [1.82, 2.24) is 15.4 Å². The van der Waals surface area contributed by atoms with Gasteiger partial charge < -0.3 is 14.8 Å². The number of halogens is 1. The van der Waals surface area contributed by atoms with Gasteiger partial charge in [0, 0.05) is 23.4 Å². The minimum absolute atomic E-state index is 0.213. The van der Waals surface area contributed by atoms with Gasteiger partial charge in [-0.3, -0.25) is 10.0 Å². The first kappa shape index (κ1) is 30.7. The molecule has 0 bridgehead atoms. The Hall–Kier alpha value is -3.72. The van der Waals surface area contributed by atoms with Crippen LogP contribution in [0.5, 0.6) is 11.5 Å². The van der Waals surface area contributed by atoms with E-state index in [1.807, 2.05) is 31.2 Å². The molecule has 1 aromatic heterocycles. The second-order valence-corrected chi connectivity index (χ2v) is 11.8. The van der Waals surface area contributed by atoms with Crippen molar-refractivity contribution in [2.24, 2.45) is 5.92 Å². The Bertz CT molecular complexity index is 1440. The zero-order valence-corrected chi connectivity index (χ0v) is 25.1. The van der Waals surface area contributed by atoms with Crippen LogP contribution in [0.3, 0.4) is 0 Å². The average Bonchev–Trinajstić information content (AvgIpc) is 3.54. The molecule has 8 nitrogen and oxygen atoms in total. The molecular weight excluding hydrogens is 547 g/mol. The number of hydrogen-bond donors (Lipinski definition) is 3. The number of rotatable bonds is 15. The predicted octanol–water partition coefficient (Wildman–Crippen LogP) is 8.05. The number of benzene rings is 2. The molecular formula is C34H43FN4O4. The molecule has 9 heteroatoms. The van der Waals surface area contributed by atoms with Crippen molar-refractivity contribution in [3.05, 3.63) is 53.1 Å². The lowest BCUT2D eigenvalue weighted by atomic mass is 9.92. The standard InChI is InChI=1S/C34H43FN4O4/c1-23-13-14-25-15-16-28(33(35)26(25)19-23)38-34-27-20-30(42-18-8-6-12-32(40)39-41)31(21-29(27)36-22-37-34)43-17-7-2-3-9-24-10-4-5-11-24/h15-16,19-22,24,41H,2-14,17-18H2,1H3,(H,39,40)(H,36,37,38). The number of allylic oxidation sites excluding steroid dienone is 1. The van der Waals surface area contributed by atoms with E-state index in [-0.39, 0.29) is 12.2 Å². The number of hydrogen-bond acceptors (Lipinski definition) is 7. The van der Waals surface area contributed by atoms with Gasteiger partial charge in [0.05, 0.1) is 24.4 Å². The van der Waals surface area contributed by atoms with Crippen molar-refractivity contribution < 1.29 is 23.9 Å². The van der Waals surface area contributed by atoms with Crippen LogP contribution in [0.4, 0.5) is 15.9 Å². The summed E-state index contributed by atoms with van der Waals surface area (Å²) in [4.78, 5) is 20.3. The minimum atomic E-state index is -0.421. The first-order valence-electron chi connectivity index (χ1n) is 15.7. The van der Waals surface area contributed by atoms with Crippen LogP contribution >= 0.6 is 0 Å². The molecule has 0 spiro atoms. The Kier molecular flexibility index (Phi) is 10.8. The van der Waals surface area contributed by atoms with Crippen LogP contribution in [0.2, 0.25) is 0 Å². The van der Waals surface area contributed by atoms with Crippen LogP contribution < -0.4 is 20.3 Å². The fourth-order valence-corrected chi connectivity index (χ4v) is 6.09. The number of aryl methyl sites for hydroxylation is 1. The molecule has 1 heterocycles. The molecule has 0 radical (unpaired) electrons. The first-order chi connectivity index (χ1) is 21.0. The molecule has 43 heavy (non-hydrogen) atoms. The Morgan fingerprint density at radius 3 is 2.56 bits per heavy atom. The number of nitrogens with one attached hydrogen (secondary N) is 2. The zero-order valence-electron chi connectivity index (χ0n) is 25.1. The number of carbonyl (C=O) groups excluding carboxylic acids is 1. The molecule has 5 rings (SSSR count). The molecule has 1 saturated carbocycles. The Balaban J connectivity index is 1.31. The lowest BCUT2D eigenvalue weighted by Gasteiger charge is -2.18. The molecule has 0 aliphatic heterocycles. The highest BCUT2D eigenvalue weighted by molar-refractivity contribution is 5.93. The zero-order chi connectivity index (χ0) is 30.0. The highest BCUT2D eigenvalue weighted by Gasteiger charge is 2.18. The molecule has 230 valence electrons. The fourth-order valence-electron chi connectivity index (χ4n) is 6.09. The van der Waals surface area contributed by atoms with Crippen molar-refractivity contribution in [3.63, 3.8) is 0 Å². The molecule has 0 saturated heterocycles. The number of fused-ring (bicyclic) bond motifs is 2. The number of nitrogens with zero attached hydrogens (tertiary/aromatic N) is 2. The minimum Gasteiger partial charge on any atom is -0.490 e. The van der Waals surface area contributed by atoms with E-state index in [9.17, 15) is 4.79 Å². The maximum absolute atomic E-state index is 15.6. The number of amides is 1. The molecule has 3 N–H and O–H groups in total. The number of unbranched alkanes of at least 4 members (excludes halogenated alkanes) is 3. The Labute approximate surface area is 253 Å². The third-order valence-electron chi connectivity index (χ3n) is 8.57. The molecule has 0 atom stereocenters. The summed E-state index contributed by atoms with van der Waals surface area (Å²) >= 11 is 0. The van der Waals surface area contributed by atoms with E-state index in [2.05, 4.69) is 15.3 Å². The topological polar surface area (TPSA) is 106 Å². The number of aromatic nitrogens is 2. The van der Waals surface area contributed by atoms with Crippen LogP contribution in [-0.4, -0.2) is 34.3 Å². The van der Waals surface area contributed by atoms with E-state index in [1.165, 1.54) is 44.9 Å².